The van der Waals surface area contributed by atoms with Gasteiger partial charge in [0, 0.05) is 37.1 Å². The number of hydrogen-bond donors (Lipinski definition) is 2. The minimum Gasteiger partial charge on any atom is -0.491 e. The standard InChI is InChI=1S/C28H37N5O2/c29-28(34)30-26-21-23-10-1-2-12-24(23)33(26)17-5-4-14-31-15-8-16-32(19-18-31)25-13-7-11-22-9-3-6-20-35-27(22)25/h1-2,7,10-13,21H,3-6,8-9,14-20H2,(H3,29,30,34). The fraction of sp³-hybridized carbons (Fsp3) is 0.464. The number of anilines is 2. The Hall–Kier alpha value is -3.19. The van der Waals surface area contributed by atoms with Crippen molar-refractivity contribution >= 4 is 28.4 Å². The van der Waals surface area contributed by atoms with Crippen molar-refractivity contribution in [2.24, 2.45) is 5.73 Å². The highest BCUT2D eigenvalue weighted by atomic mass is 16.5. The lowest BCUT2D eigenvalue weighted by Gasteiger charge is -2.26. The van der Waals surface area contributed by atoms with Crippen LogP contribution in [0.4, 0.5) is 16.3 Å². The number of nitrogens with one attached hydrogen (secondary N) is 1. The van der Waals surface area contributed by atoms with Gasteiger partial charge in [-0.25, -0.2) is 4.79 Å². The van der Waals surface area contributed by atoms with E-state index >= 15 is 0 Å². The van der Waals surface area contributed by atoms with Gasteiger partial charge < -0.3 is 24.8 Å². The van der Waals surface area contributed by atoms with E-state index in [9.17, 15) is 4.79 Å². The van der Waals surface area contributed by atoms with Crippen molar-refractivity contribution < 1.29 is 9.53 Å². The van der Waals surface area contributed by atoms with E-state index < -0.39 is 6.03 Å². The first-order chi connectivity index (χ1) is 17.2. The lowest BCUT2D eigenvalue weighted by atomic mass is 10.1. The highest BCUT2D eigenvalue weighted by molar-refractivity contribution is 5.92. The Labute approximate surface area is 207 Å². The molecule has 2 aromatic carbocycles. The number of benzene rings is 2. The Kier molecular flexibility index (Phi) is 7.42. The molecule has 2 aliphatic heterocycles. The number of para-hydroxylation sites is 2. The third-order valence-electron chi connectivity index (χ3n) is 7.26. The van der Waals surface area contributed by atoms with Crippen LogP contribution >= 0.6 is 0 Å². The normalized spacial score (nSPS) is 16.9. The molecule has 3 heterocycles. The molecule has 1 aromatic heterocycles. The van der Waals surface area contributed by atoms with E-state index in [4.69, 9.17) is 10.5 Å². The molecule has 0 radical (unpaired) electrons. The van der Waals surface area contributed by atoms with E-state index in [1.54, 1.807) is 0 Å². The maximum atomic E-state index is 11.5. The summed E-state index contributed by atoms with van der Waals surface area (Å²) in [6, 6.07) is 16.3. The summed E-state index contributed by atoms with van der Waals surface area (Å²) in [5.74, 6) is 1.89. The van der Waals surface area contributed by atoms with Gasteiger partial charge in [0.1, 0.15) is 11.6 Å². The topological polar surface area (TPSA) is 75.8 Å². The first-order valence-electron chi connectivity index (χ1n) is 13.1. The summed E-state index contributed by atoms with van der Waals surface area (Å²) in [5.41, 5.74) is 9.17. The Morgan fingerprint density at radius 2 is 1.83 bits per heavy atom. The summed E-state index contributed by atoms with van der Waals surface area (Å²) in [6.07, 6.45) is 6.80. The Bertz CT molecular complexity index is 1160. The number of urea groups is 1. The summed E-state index contributed by atoms with van der Waals surface area (Å²) in [5, 5.41) is 3.90. The van der Waals surface area contributed by atoms with Crippen LogP contribution in [0.25, 0.3) is 10.9 Å². The molecule has 0 aliphatic carbocycles. The number of unbranched alkanes of at least 4 members (excludes halogenated alkanes) is 1. The van der Waals surface area contributed by atoms with Crippen molar-refractivity contribution in [3.8, 4) is 5.75 Å². The molecule has 0 saturated carbocycles. The molecule has 35 heavy (non-hydrogen) atoms. The molecule has 2 amide bonds. The molecule has 0 bridgehead atoms. The molecular weight excluding hydrogens is 438 g/mol. The van der Waals surface area contributed by atoms with E-state index in [0.717, 1.165) is 94.0 Å². The van der Waals surface area contributed by atoms with Gasteiger partial charge in [0.05, 0.1) is 12.3 Å². The Morgan fingerprint density at radius 1 is 0.943 bits per heavy atom. The van der Waals surface area contributed by atoms with Crippen molar-refractivity contribution in [2.75, 3.05) is 49.5 Å². The van der Waals surface area contributed by atoms with Gasteiger partial charge in [0.15, 0.2) is 0 Å². The summed E-state index contributed by atoms with van der Waals surface area (Å²) < 4.78 is 8.36. The van der Waals surface area contributed by atoms with E-state index in [2.05, 4.69) is 50.0 Å². The zero-order valence-electron chi connectivity index (χ0n) is 20.5. The van der Waals surface area contributed by atoms with Crippen LogP contribution < -0.4 is 20.7 Å². The van der Waals surface area contributed by atoms with Crippen molar-refractivity contribution in [1.29, 1.82) is 0 Å². The van der Waals surface area contributed by atoms with Crippen LogP contribution in [-0.4, -0.2) is 54.8 Å². The Balaban J connectivity index is 1.16. The third-order valence-corrected chi connectivity index (χ3v) is 7.26. The number of ether oxygens (including phenoxy) is 1. The summed E-state index contributed by atoms with van der Waals surface area (Å²) in [7, 11) is 0. The van der Waals surface area contributed by atoms with Gasteiger partial charge in [-0.3, -0.25) is 5.32 Å². The molecule has 3 N–H and O–H groups in total. The number of aromatic nitrogens is 1. The van der Waals surface area contributed by atoms with Crippen LogP contribution in [0, 0.1) is 0 Å². The van der Waals surface area contributed by atoms with Gasteiger partial charge in [-0.15, -0.1) is 0 Å². The number of hydrogen-bond acceptors (Lipinski definition) is 4. The molecule has 0 spiro atoms. The molecule has 7 heteroatoms. The van der Waals surface area contributed by atoms with Gasteiger partial charge in [-0.05, 0) is 75.4 Å². The smallest absolute Gasteiger partial charge is 0.317 e. The number of nitrogens with zero attached hydrogens (tertiary/aromatic N) is 3. The summed E-state index contributed by atoms with van der Waals surface area (Å²) >= 11 is 0. The van der Waals surface area contributed by atoms with E-state index in [0.29, 0.717) is 0 Å². The van der Waals surface area contributed by atoms with Crippen LogP contribution in [0.2, 0.25) is 0 Å². The molecule has 3 aromatic rings. The number of primary amides is 1. The lowest BCUT2D eigenvalue weighted by molar-refractivity contribution is 0.259. The van der Waals surface area contributed by atoms with Crippen molar-refractivity contribution in [3.63, 3.8) is 0 Å². The highest BCUT2D eigenvalue weighted by Crippen LogP contribution is 2.35. The second-order valence-electron chi connectivity index (χ2n) is 9.69. The van der Waals surface area contributed by atoms with Gasteiger partial charge in [-0.2, -0.15) is 0 Å². The molecule has 1 saturated heterocycles. The van der Waals surface area contributed by atoms with Gasteiger partial charge in [-0.1, -0.05) is 30.3 Å². The van der Waals surface area contributed by atoms with Crippen LogP contribution in [0.5, 0.6) is 5.75 Å². The fourth-order valence-corrected chi connectivity index (χ4v) is 5.50. The average Bonchev–Trinajstić information content (AvgIpc) is 3.04. The van der Waals surface area contributed by atoms with E-state index in [1.807, 2.05) is 18.2 Å². The minimum absolute atomic E-state index is 0.524. The van der Waals surface area contributed by atoms with Gasteiger partial charge in [0.25, 0.3) is 0 Å². The van der Waals surface area contributed by atoms with Crippen molar-refractivity contribution in [1.82, 2.24) is 9.47 Å². The maximum Gasteiger partial charge on any atom is 0.317 e. The van der Waals surface area contributed by atoms with E-state index in [-0.39, 0.29) is 0 Å². The minimum atomic E-state index is -0.524. The SMILES string of the molecule is NC(=O)Nc1cc2ccccc2n1CCCCN1CCCN(c2cccc3c2OCCCC3)CC1. The number of amides is 2. The largest absolute Gasteiger partial charge is 0.491 e. The average molecular weight is 476 g/mol. The van der Waals surface area contributed by atoms with E-state index in [1.165, 1.54) is 24.1 Å². The molecule has 7 nitrogen and oxygen atoms in total. The number of fused-ring (bicyclic) bond motifs is 2. The molecule has 2 aliphatic rings. The van der Waals surface area contributed by atoms with Crippen LogP contribution in [-0.2, 0) is 13.0 Å². The summed E-state index contributed by atoms with van der Waals surface area (Å²) in [4.78, 5) is 16.6. The fourth-order valence-electron chi connectivity index (χ4n) is 5.50. The third kappa shape index (κ3) is 5.56. The predicted octanol–water partition coefficient (Wildman–Crippen LogP) is 4.84. The first kappa shape index (κ1) is 23.5. The van der Waals surface area contributed by atoms with Crippen molar-refractivity contribution in [3.05, 3.63) is 54.1 Å². The first-order valence-corrected chi connectivity index (χ1v) is 13.1. The zero-order valence-corrected chi connectivity index (χ0v) is 20.5. The highest BCUT2D eigenvalue weighted by Gasteiger charge is 2.21. The molecule has 5 rings (SSSR count). The second-order valence-corrected chi connectivity index (χ2v) is 9.69. The predicted molar refractivity (Wildman–Crippen MR) is 143 cm³/mol. The zero-order chi connectivity index (χ0) is 24.0. The van der Waals surface area contributed by atoms with Gasteiger partial charge >= 0.3 is 6.03 Å². The van der Waals surface area contributed by atoms with Gasteiger partial charge in [0.2, 0.25) is 0 Å². The Morgan fingerprint density at radius 3 is 2.74 bits per heavy atom. The molecule has 0 atom stereocenters. The maximum absolute atomic E-state index is 11.5. The molecular formula is C28H37N5O2. The quantitative estimate of drug-likeness (QED) is 0.480. The second kappa shape index (κ2) is 11.0. The lowest BCUT2D eigenvalue weighted by Crippen LogP contribution is -2.31. The number of carbonyl (C=O) groups is 1. The molecule has 1 fully saturated rings. The molecule has 186 valence electrons. The van der Waals surface area contributed by atoms with Crippen LogP contribution in [0.1, 0.15) is 37.7 Å². The van der Waals surface area contributed by atoms with Crippen molar-refractivity contribution in [2.45, 2.75) is 45.1 Å². The number of aryl methyl sites for hydroxylation is 2. The number of rotatable bonds is 7. The van der Waals surface area contributed by atoms with Crippen LogP contribution in [0.3, 0.4) is 0 Å². The van der Waals surface area contributed by atoms with Crippen LogP contribution in [0.15, 0.2) is 48.5 Å². The number of carbonyl (C=O) groups excluding carboxylic acids is 1. The molecule has 0 unspecified atom stereocenters. The number of nitrogens with two attached hydrogens (primary N) is 1. The summed E-state index contributed by atoms with van der Waals surface area (Å²) in [6.45, 7) is 7.10. The monoisotopic (exact) mass is 475 g/mol.